The predicted molar refractivity (Wildman–Crippen MR) is 74.9 cm³/mol. The van der Waals surface area contributed by atoms with Gasteiger partial charge in [-0.05, 0) is 13.0 Å². The van der Waals surface area contributed by atoms with E-state index in [9.17, 15) is 0 Å². The summed E-state index contributed by atoms with van der Waals surface area (Å²) in [7, 11) is 1.66. The van der Waals surface area contributed by atoms with E-state index in [1.165, 1.54) is 0 Å². The van der Waals surface area contributed by atoms with E-state index < -0.39 is 0 Å². The Morgan fingerprint density at radius 2 is 2.05 bits per heavy atom. The molecule has 2 rings (SSSR count). The Bertz CT molecular complexity index is 558. The Labute approximate surface area is 112 Å². The number of ether oxygens (including phenoxy) is 1. The molecule has 4 N–H and O–H groups in total. The van der Waals surface area contributed by atoms with Crippen LogP contribution in [-0.4, -0.2) is 17.1 Å². The Hall–Kier alpha value is -2.34. The van der Waals surface area contributed by atoms with Crippen LogP contribution < -0.4 is 21.3 Å². The standard InChI is InChI=1S/C13H17N5O/c1-9-7-12(17-13(16-9)18-14)15-8-10-5-3-4-6-11(10)19-2/h3-7H,8,14H2,1-2H3,(H2,15,16,17,18). The van der Waals surface area contributed by atoms with Gasteiger partial charge in [-0.25, -0.2) is 10.8 Å². The monoisotopic (exact) mass is 259 g/mol. The molecule has 0 atom stereocenters. The molecule has 1 heterocycles. The summed E-state index contributed by atoms with van der Waals surface area (Å²) >= 11 is 0. The van der Waals surface area contributed by atoms with E-state index in [1.807, 2.05) is 37.3 Å². The number of nitrogen functional groups attached to an aromatic ring is 1. The van der Waals surface area contributed by atoms with Crippen LogP contribution in [0.2, 0.25) is 0 Å². The van der Waals surface area contributed by atoms with Crippen molar-refractivity contribution in [3.8, 4) is 5.75 Å². The third-order valence-corrected chi connectivity index (χ3v) is 2.64. The summed E-state index contributed by atoms with van der Waals surface area (Å²) in [5.41, 5.74) is 4.34. The van der Waals surface area contributed by atoms with E-state index in [0.717, 1.165) is 17.0 Å². The highest BCUT2D eigenvalue weighted by atomic mass is 16.5. The normalized spacial score (nSPS) is 10.1. The molecular formula is C13H17N5O. The van der Waals surface area contributed by atoms with Crippen molar-refractivity contribution in [3.05, 3.63) is 41.6 Å². The highest BCUT2D eigenvalue weighted by Crippen LogP contribution is 2.18. The number of hydrogen-bond acceptors (Lipinski definition) is 6. The first-order chi connectivity index (χ1) is 9.22. The van der Waals surface area contributed by atoms with Crippen molar-refractivity contribution in [1.82, 2.24) is 9.97 Å². The summed E-state index contributed by atoms with van der Waals surface area (Å²) in [5.74, 6) is 7.27. The van der Waals surface area contributed by atoms with Crippen molar-refractivity contribution in [2.75, 3.05) is 17.9 Å². The lowest BCUT2D eigenvalue weighted by atomic mass is 10.2. The van der Waals surface area contributed by atoms with Crippen LogP contribution in [0.4, 0.5) is 11.8 Å². The van der Waals surface area contributed by atoms with Crippen molar-refractivity contribution in [2.45, 2.75) is 13.5 Å². The Kier molecular flexibility index (Phi) is 4.15. The Morgan fingerprint density at radius 1 is 1.26 bits per heavy atom. The van der Waals surface area contributed by atoms with Gasteiger partial charge >= 0.3 is 0 Å². The molecule has 0 aliphatic heterocycles. The number of nitrogens with two attached hydrogens (primary N) is 1. The van der Waals surface area contributed by atoms with E-state index in [0.29, 0.717) is 18.3 Å². The second-order valence-corrected chi connectivity index (χ2v) is 4.03. The number of para-hydroxylation sites is 1. The number of hydrogen-bond donors (Lipinski definition) is 3. The quantitative estimate of drug-likeness (QED) is 0.559. The maximum Gasteiger partial charge on any atom is 0.239 e. The number of nitrogens with one attached hydrogen (secondary N) is 2. The zero-order valence-corrected chi connectivity index (χ0v) is 11.0. The van der Waals surface area contributed by atoms with Gasteiger partial charge in [0.25, 0.3) is 0 Å². The molecule has 0 aliphatic carbocycles. The maximum atomic E-state index is 5.32. The molecule has 1 aromatic carbocycles. The molecule has 0 saturated carbocycles. The van der Waals surface area contributed by atoms with E-state index >= 15 is 0 Å². The minimum absolute atomic E-state index is 0.391. The summed E-state index contributed by atoms with van der Waals surface area (Å²) in [5, 5.41) is 3.22. The molecule has 6 heteroatoms. The fourth-order valence-corrected chi connectivity index (χ4v) is 1.76. The molecule has 19 heavy (non-hydrogen) atoms. The van der Waals surface area contributed by atoms with Crippen molar-refractivity contribution in [1.29, 1.82) is 0 Å². The lowest BCUT2D eigenvalue weighted by molar-refractivity contribution is 0.410. The molecule has 100 valence electrons. The fourth-order valence-electron chi connectivity index (χ4n) is 1.76. The lowest BCUT2D eigenvalue weighted by Gasteiger charge is -2.11. The molecule has 0 unspecified atom stereocenters. The van der Waals surface area contributed by atoms with Gasteiger partial charge < -0.3 is 10.1 Å². The van der Waals surface area contributed by atoms with Gasteiger partial charge in [-0.1, -0.05) is 18.2 Å². The largest absolute Gasteiger partial charge is 0.496 e. The SMILES string of the molecule is COc1ccccc1CNc1cc(C)nc(NN)n1. The zero-order chi connectivity index (χ0) is 13.7. The number of aromatic nitrogens is 2. The van der Waals surface area contributed by atoms with Crippen LogP contribution in [0.15, 0.2) is 30.3 Å². The van der Waals surface area contributed by atoms with Gasteiger partial charge in [0.15, 0.2) is 0 Å². The molecule has 0 spiro atoms. The fraction of sp³-hybridized carbons (Fsp3) is 0.231. The predicted octanol–water partition coefficient (Wildman–Crippen LogP) is 1.69. The number of rotatable bonds is 5. The molecule has 0 fully saturated rings. The van der Waals surface area contributed by atoms with Crippen LogP contribution in [0.1, 0.15) is 11.3 Å². The smallest absolute Gasteiger partial charge is 0.239 e. The zero-order valence-electron chi connectivity index (χ0n) is 11.0. The summed E-state index contributed by atoms with van der Waals surface area (Å²) in [6.45, 7) is 2.50. The average molecular weight is 259 g/mol. The highest BCUT2D eigenvalue weighted by Gasteiger charge is 2.04. The first-order valence-electron chi connectivity index (χ1n) is 5.91. The van der Waals surface area contributed by atoms with Gasteiger partial charge in [-0.15, -0.1) is 0 Å². The summed E-state index contributed by atoms with van der Waals surface area (Å²) < 4.78 is 5.30. The van der Waals surface area contributed by atoms with Gasteiger partial charge in [0.1, 0.15) is 11.6 Å². The molecule has 0 bridgehead atoms. The second kappa shape index (κ2) is 6.01. The Morgan fingerprint density at radius 3 is 2.79 bits per heavy atom. The number of anilines is 2. The first-order valence-corrected chi connectivity index (χ1v) is 5.91. The number of methoxy groups -OCH3 is 1. The van der Waals surface area contributed by atoms with Crippen molar-refractivity contribution >= 4 is 11.8 Å². The van der Waals surface area contributed by atoms with Crippen molar-refractivity contribution in [3.63, 3.8) is 0 Å². The summed E-state index contributed by atoms with van der Waals surface area (Å²) in [4.78, 5) is 8.35. The van der Waals surface area contributed by atoms with Gasteiger partial charge in [0.05, 0.1) is 7.11 Å². The van der Waals surface area contributed by atoms with Crippen LogP contribution in [-0.2, 0) is 6.54 Å². The minimum Gasteiger partial charge on any atom is -0.496 e. The first kappa shape index (κ1) is 13.1. The van der Waals surface area contributed by atoms with Crippen molar-refractivity contribution in [2.24, 2.45) is 5.84 Å². The van der Waals surface area contributed by atoms with Crippen LogP contribution in [0.25, 0.3) is 0 Å². The number of nitrogens with zero attached hydrogens (tertiary/aromatic N) is 2. The molecule has 0 amide bonds. The van der Waals surface area contributed by atoms with Crippen LogP contribution in [0, 0.1) is 6.92 Å². The lowest BCUT2D eigenvalue weighted by Crippen LogP contribution is -2.12. The molecule has 0 radical (unpaired) electrons. The van der Waals surface area contributed by atoms with Crippen molar-refractivity contribution < 1.29 is 4.74 Å². The molecule has 6 nitrogen and oxygen atoms in total. The second-order valence-electron chi connectivity index (χ2n) is 4.03. The Balaban J connectivity index is 2.12. The van der Waals surface area contributed by atoms with E-state index in [1.54, 1.807) is 7.11 Å². The van der Waals surface area contributed by atoms with Gasteiger partial charge in [-0.3, -0.25) is 5.43 Å². The maximum absolute atomic E-state index is 5.32. The molecular weight excluding hydrogens is 242 g/mol. The topological polar surface area (TPSA) is 85.1 Å². The average Bonchev–Trinajstić information content (AvgIpc) is 2.44. The number of benzene rings is 1. The van der Waals surface area contributed by atoms with Crippen LogP contribution >= 0.6 is 0 Å². The van der Waals surface area contributed by atoms with Gasteiger partial charge in [0, 0.05) is 23.9 Å². The minimum atomic E-state index is 0.391. The summed E-state index contributed by atoms with van der Waals surface area (Å²) in [6.07, 6.45) is 0. The number of aryl methyl sites for hydroxylation is 1. The number of hydrazine groups is 1. The summed E-state index contributed by atoms with van der Waals surface area (Å²) in [6, 6.07) is 9.69. The van der Waals surface area contributed by atoms with E-state index in [-0.39, 0.29) is 0 Å². The molecule has 1 aromatic heterocycles. The van der Waals surface area contributed by atoms with E-state index in [2.05, 4.69) is 20.7 Å². The van der Waals surface area contributed by atoms with Gasteiger partial charge in [-0.2, -0.15) is 4.98 Å². The van der Waals surface area contributed by atoms with E-state index in [4.69, 9.17) is 10.6 Å². The van der Waals surface area contributed by atoms with Crippen LogP contribution in [0.5, 0.6) is 5.75 Å². The molecule has 0 saturated heterocycles. The molecule has 0 aliphatic rings. The third kappa shape index (κ3) is 3.32. The van der Waals surface area contributed by atoms with Crippen LogP contribution in [0.3, 0.4) is 0 Å². The highest BCUT2D eigenvalue weighted by molar-refractivity contribution is 5.43. The third-order valence-electron chi connectivity index (χ3n) is 2.64. The molecule has 2 aromatic rings. The van der Waals surface area contributed by atoms with Gasteiger partial charge in [0.2, 0.25) is 5.95 Å².